The van der Waals surface area contributed by atoms with Gasteiger partial charge >= 0.3 is 0 Å². The van der Waals surface area contributed by atoms with E-state index >= 15 is 0 Å². The zero-order valence-corrected chi connectivity index (χ0v) is 20.8. The molecule has 1 amide bonds. The molecule has 0 saturated heterocycles. The molecule has 0 bridgehead atoms. The summed E-state index contributed by atoms with van der Waals surface area (Å²) in [5, 5.41) is 56.5. The number of carbonyl (C=O) groups is 3. The molecule has 3 aliphatic carbocycles. The molecule has 10 heteroatoms. The number of benzene rings is 1. The molecule has 3 aliphatic rings. The molecule has 194 valence electrons. The van der Waals surface area contributed by atoms with E-state index in [2.05, 4.69) is 0 Å². The predicted molar refractivity (Wildman–Crippen MR) is 128 cm³/mol. The molecule has 0 saturated carbocycles. The Morgan fingerprint density at radius 2 is 1.81 bits per heavy atom. The Kier molecular flexibility index (Phi) is 6.06. The Morgan fingerprint density at radius 3 is 2.33 bits per heavy atom. The first-order valence-corrected chi connectivity index (χ1v) is 11.9. The number of aromatic hydroxyl groups is 1. The molecule has 4 rings (SSSR count). The van der Waals surface area contributed by atoms with E-state index in [1.807, 2.05) is 13.8 Å². The summed E-state index contributed by atoms with van der Waals surface area (Å²) in [6.07, 6.45) is -0.906. The normalized spacial score (nSPS) is 32.8. The highest BCUT2D eigenvalue weighted by Gasteiger charge is 2.67. The lowest BCUT2D eigenvalue weighted by atomic mass is 9.55. The maximum Gasteiger partial charge on any atom is 0.255 e. The van der Waals surface area contributed by atoms with Crippen molar-refractivity contribution in [3.63, 3.8) is 0 Å². The van der Waals surface area contributed by atoms with Crippen molar-refractivity contribution in [2.24, 2.45) is 17.6 Å². The topological polar surface area (TPSA) is 182 Å². The number of Topliss-reactive ketones (excluding diaryl/α,β-unsaturated/α-hetero) is 2. The van der Waals surface area contributed by atoms with Crippen LogP contribution in [0.25, 0.3) is 0 Å². The zero-order valence-electron chi connectivity index (χ0n) is 20.8. The number of phenolic OH excluding ortho intramolecular Hbond substituents is 1. The summed E-state index contributed by atoms with van der Waals surface area (Å²) in [5.74, 6) is -8.83. The van der Waals surface area contributed by atoms with E-state index in [0.717, 1.165) is 0 Å². The molecule has 7 atom stereocenters. The van der Waals surface area contributed by atoms with Crippen molar-refractivity contribution in [2.75, 3.05) is 14.1 Å². The molecule has 0 heterocycles. The molecule has 0 aromatic heterocycles. The Balaban J connectivity index is 2.03. The summed E-state index contributed by atoms with van der Waals surface area (Å²) in [6, 6.07) is 2.16. The minimum atomic E-state index is -2.91. The van der Waals surface area contributed by atoms with E-state index in [4.69, 9.17) is 5.73 Å². The summed E-state index contributed by atoms with van der Waals surface area (Å²) in [6.45, 7) is 5.53. The number of ketones is 2. The van der Waals surface area contributed by atoms with Crippen LogP contribution in [0.5, 0.6) is 5.75 Å². The minimum absolute atomic E-state index is 0.0618. The van der Waals surface area contributed by atoms with Gasteiger partial charge in [0.05, 0.1) is 23.6 Å². The monoisotopic (exact) mass is 500 g/mol. The van der Waals surface area contributed by atoms with Crippen molar-refractivity contribution in [1.29, 1.82) is 0 Å². The highest BCUT2D eigenvalue weighted by molar-refractivity contribution is 6.25. The summed E-state index contributed by atoms with van der Waals surface area (Å²) in [7, 11) is 3.00. The van der Waals surface area contributed by atoms with Gasteiger partial charge < -0.3 is 31.3 Å². The fourth-order valence-electron chi connectivity index (χ4n) is 6.26. The first-order valence-electron chi connectivity index (χ1n) is 11.9. The number of rotatable bonds is 4. The molecule has 1 aromatic rings. The fraction of sp³-hybridized carbons (Fsp3) is 0.500. The largest absolute Gasteiger partial charge is 0.510 e. The number of hydrogen-bond donors (Lipinski definition) is 6. The predicted octanol–water partition coefficient (Wildman–Crippen LogP) is 1.17. The van der Waals surface area contributed by atoms with Gasteiger partial charge in [-0.15, -0.1) is 0 Å². The second-order valence-electron chi connectivity index (χ2n) is 10.3. The maximum absolute atomic E-state index is 13.8. The van der Waals surface area contributed by atoms with E-state index < -0.39 is 75.6 Å². The summed E-state index contributed by atoms with van der Waals surface area (Å²) in [4.78, 5) is 40.6. The van der Waals surface area contributed by atoms with Crippen LogP contribution in [-0.2, 0) is 9.59 Å². The minimum Gasteiger partial charge on any atom is -0.510 e. The summed E-state index contributed by atoms with van der Waals surface area (Å²) < 4.78 is 0. The number of primary amides is 1. The van der Waals surface area contributed by atoms with Crippen LogP contribution in [-0.4, -0.2) is 79.7 Å². The van der Waals surface area contributed by atoms with Crippen LogP contribution in [0.4, 0.5) is 0 Å². The van der Waals surface area contributed by atoms with Crippen LogP contribution < -0.4 is 5.73 Å². The maximum atomic E-state index is 13.8. The van der Waals surface area contributed by atoms with Crippen molar-refractivity contribution < 1.29 is 39.9 Å². The lowest BCUT2D eigenvalue weighted by Crippen LogP contribution is -2.68. The second kappa shape index (κ2) is 8.43. The summed E-state index contributed by atoms with van der Waals surface area (Å²) >= 11 is 0. The molecule has 0 spiro atoms. The molecule has 0 radical (unpaired) electrons. The van der Waals surface area contributed by atoms with Gasteiger partial charge in [-0.2, -0.15) is 0 Å². The molecule has 10 nitrogen and oxygen atoms in total. The zero-order chi connectivity index (χ0) is 27.0. The first-order chi connectivity index (χ1) is 16.7. The van der Waals surface area contributed by atoms with Gasteiger partial charge in [-0.3, -0.25) is 19.3 Å². The number of carbonyl (C=O) groups excluding carboxylic acids is 3. The van der Waals surface area contributed by atoms with E-state index in [1.165, 1.54) is 19.0 Å². The third kappa shape index (κ3) is 3.11. The van der Waals surface area contributed by atoms with Crippen LogP contribution in [0.15, 0.2) is 34.8 Å². The van der Waals surface area contributed by atoms with Crippen molar-refractivity contribution in [3.8, 4) is 5.75 Å². The van der Waals surface area contributed by atoms with Gasteiger partial charge in [-0.25, -0.2) is 0 Å². The number of fused-ring (bicyclic) bond motifs is 3. The van der Waals surface area contributed by atoms with E-state index in [1.54, 1.807) is 19.1 Å². The number of nitrogens with zero attached hydrogens (tertiary/aromatic N) is 1. The number of amides is 1. The van der Waals surface area contributed by atoms with Crippen LogP contribution >= 0.6 is 0 Å². The molecular weight excluding hydrogens is 468 g/mol. The Labute approximate surface area is 208 Å². The lowest BCUT2D eigenvalue weighted by molar-refractivity contribution is -0.162. The lowest BCUT2D eigenvalue weighted by Gasteiger charge is -2.53. The number of likely N-dealkylation sites (N-methyl/N-ethyl adjacent to an activating group) is 1. The second-order valence-corrected chi connectivity index (χ2v) is 10.3. The summed E-state index contributed by atoms with van der Waals surface area (Å²) in [5.41, 5.74) is 2.02. The third-order valence-electron chi connectivity index (χ3n) is 8.31. The molecule has 1 aromatic carbocycles. The SMILES string of the molecule is CCC(C)c1ccc2c(c1O)C(=O)C1=C(O)C3(O)C(=O)C(C(N)=O)=C(O)C(N(C)C)C3C(O)C1C2C. The van der Waals surface area contributed by atoms with Gasteiger partial charge in [0, 0.05) is 11.5 Å². The van der Waals surface area contributed by atoms with E-state index in [0.29, 0.717) is 17.5 Å². The number of nitrogens with two attached hydrogens (primary N) is 1. The molecule has 7 N–H and O–H groups in total. The number of aliphatic hydroxyl groups is 4. The fourth-order valence-corrected chi connectivity index (χ4v) is 6.26. The van der Waals surface area contributed by atoms with Gasteiger partial charge in [0.1, 0.15) is 22.8 Å². The van der Waals surface area contributed by atoms with Gasteiger partial charge in [0.15, 0.2) is 11.4 Å². The molecule has 7 unspecified atom stereocenters. The molecule has 0 fully saturated rings. The molecule has 36 heavy (non-hydrogen) atoms. The van der Waals surface area contributed by atoms with Crippen LogP contribution in [0.3, 0.4) is 0 Å². The van der Waals surface area contributed by atoms with Crippen molar-refractivity contribution >= 4 is 17.5 Å². The van der Waals surface area contributed by atoms with Crippen LogP contribution in [0.1, 0.15) is 60.5 Å². The highest BCUT2D eigenvalue weighted by Crippen LogP contribution is 2.56. The van der Waals surface area contributed by atoms with Crippen molar-refractivity contribution in [1.82, 2.24) is 4.90 Å². The Morgan fingerprint density at radius 1 is 1.19 bits per heavy atom. The van der Waals surface area contributed by atoms with Crippen LogP contribution in [0.2, 0.25) is 0 Å². The average Bonchev–Trinajstić information content (AvgIpc) is 2.80. The highest BCUT2D eigenvalue weighted by atomic mass is 16.4. The molecular formula is C26H32N2O8. The standard InChI is InChI=1S/C26H32N2O8/c1-6-9(2)11-7-8-12-10(3)13-15(20(30)14(12)19(11)29)23(33)26(36)17(21(13)31)18(28(4)5)22(32)16(24(26)34)25(27)35/h7-10,13,17-18,21,29,31-33,36H,6H2,1-5H3,(H2,27,35). The van der Waals surface area contributed by atoms with Gasteiger partial charge in [0.2, 0.25) is 5.78 Å². The quantitative estimate of drug-likeness (QED) is 0.331. The van der Waals surface area contributed by atoms with Crippen molar-refractivity contribution in [3.05, 3.63) is 51.5 Å². The average molecular weight is 501 g/mol. The molecule has 0 aliphatic heterocycles. The van der Waals surface area contributed by atoms with Crippen molar-refractivity contribution in [2.45, 2.75) is 56.8 Å². The third-order valence-corrected chi connectivity index (χ3v) is 8.31. The first kappa shape index (κ1) is 25.9. The van der Waals surface area contributed by atoms with Gasteiger partial charge in [-0.05, 0) is 43.5 Å². The number of phenols is 1. The van der Waals surface area contributed by atoms with Gasteiger partial charge in [0.25, 0.3) is 5.91 Å². The van der Waals surface area contributed by atoms with Crippen LogP contribution in [0, 0.1) is 11.8 Å². The Hall–Kier alpha value is -3.21. The van der Waals surface area contributed by atoms with E-state index in [-0.39, 0.29) is 17.2 Å². The number of aliphatic hydroxyl groups excluding tert-OH is 3. The smallest absolute Gasteiger partial charge is 0.255 e. The van der Waals surface area contributed by atoms with Gasteiger partial charge in [-0.1, -0.05) is 32.9 Å². The number of hydrogen-bond acceptors (Lipinski definition) is 9. The van der Waals surface area contributed by atoms with E-state index in [9.17, 15) is 39.9 Å². The Bertz CT molecular complexity index is 1250.